The second-order valence-corrected chi connectivity index (χ2v) is 4.54. The second-order valence-electron chi connectivity index (χ2n) is 4.16. The molecule has 0 bridgehead atoms. The quantitative estimate of drug-likeness (QED) is 0.852. The normalized spacial score (nSPS) is 15.9. The van der Waals surface area contributed by atoms with Crippen LogP contribution in [0.25, 0.3) is 0 Å². The predicted octanol–water partition coefficient (Wildman–Crippen LogP) is 1.45. The Bertz CT molecular complexity index is 636. The molecule has 1 aliphatic carbocycles. The van der Waals surface area contributed by atoms with Gasteiger partial charge in [-0.1, -0.05) is 35.9 Å². The van der Waals surface area contributed by atoms with E-state index in [4.69, 9.17) is 22.1 Å². The maximum Gasteiger partial charge on any atom is 0.327 e. The van der Waals surface area contributed by atoms with E-state index < -0.39 is 23.6 Å². The highest BCUT2D eigenvalue weighted by Crippen LogP contribution is 2.29. The second kappa shape index (κ2) is 5.56. The Balaban J connectivity index is 2.49. The lowest BCUT2D eigenvalue weighted by molar-refractivity contribution is -0.143. The highest BCUT2D eigenvalue weighted by atomic mass is 35.5. The van der Waals surface area contributed by atoms with E-state index in [2.05, 4.69) is 0 Å². The molecule has 1 unspecified atom stereocenters. The lowest BCUT2D eigenvalue weighted by Gasteiger charge is -2.20. The molecule has 1 aromatic rings. The molecule has 0 heterocycles. The minimum absolute atomic E-state index is 0.121. The van der Waals surface area contributed by atoms with Crippen molar-refractivity contribution in [3.8, 4) is 0 Å². The maximum atomic E-state index is 12.3. The van der Waals surface area contributed by atoms with E-state index in [1.54, 1.807) is 19.1 Å². The molecule has 0 saturated carbocycles. The van der Waals surface area contributed by atoms with Gasteiger partial charge < -0.3 is 10.5 Å². The molecule has 0 fully saturated rings. The summed E-state index contributed by atoms with van der Waals surface area (Å²) in [6.07, 6.45) is 0. The van der Waals surface area contributed by atoms with Crippen LogP contribution in [-0.2, 0) is 9.53 Å². The standard InChI is InChI=1S/C14H12ClNO4/c1-2-20-14(19)11(16)9-10(15)13(18)8-6-4-3-5-7(8)12(9)17/h3-6,11H,2,16H2,1H3. The smallest absolute Gasteiger partial charge is 0.327 e. The summed E-state index contributed by atoms with van der Waals surface area (Å²) in [7, 11) is 0. The molecule has 2 rings (SSSR count). The van der Waals surface area contributed by atoms with E-state index in [-0.39, 0.29) is 28.3 Å². The molecule has 1 aliphatic rings. The number of rotatable bonds is 3. The molecule has 0 spiro atoms. The number of benzene rings is 1. The first-order valence-electron chi connectivity index (χ1n) is 5.99. The lowest BCUT2D eigenvalue weighted by Crippen LogP contribution is -2.40. The fourth-order valence-corrected chi connectivity index (χ4v) is 2.30. The van der Waals surface area contributed by atoms with Crippen LogP contribution in [-0.4, -0.2) is 30.2 Å². The molecule has 1 aromatic carbocycles. The molecule has 0 saturated heterocycles. The third-order valence-electron chi connectivity index (χ3n) is 2.95. The van der Waals surface area contributed by atoms with Crippen molar-refractivity contribution in [2.24, 2.45) is 5.73 Å². The largest absolute Gasteiger partial charge is 0.465 e. The van der Waals surface area contributed by atoms with Gasteiger partial charge in [0.1, 0.15) is 6.04 Å². The molecule has 0 radical (unpaired) electrons. The Hall–Kier alpha value is -1.98. The van der Waals surface area contributed by atoms with Crippen LogP contribution in [0.1, 0.15) is 27.6 Å². The van der Waals surface area contributed by atoms with Crippen molar-refractivity contribution < 1.29 is 19.1 Å². The fourth-order valence-electron chi connectivity index (χ4n) is 1.99. The Morgan fingerprint density at radius 3 is 2.35 bits per heavy atom. The van der Waals surface area contributed by atoms with Crippen LogP contribution in [0.5, 0.6) is 0 Å². The summed E-state index contributed by atoms with van der Waals surface area (Å²) >= 11 is 5.92. The summed E-state index contributed by atoms with van der Waals surface area (Å²) in [5.41, 5.74) is 5.88. The summed E-state index contributed by atoms with van der Waals surface area (Å²) in [6.45, 7) is 1.74. The van der Waals surface area contributed by atoms with E-state index >= 15 is 0 Å². The molecule has 1 atom stereocenters. The highest BCUT2D eigenvalue weighted by Gasteiger charge is 2.37. The van der Waals surface area contributed by atoms with Crippen molar-refractivity contribution >= 4 is 29.1 Å². The number of ether oxygens (including phenoxy) is 1. The first-order chi connectivity index (χ1) is 9.49. The number of hydrogen-bond donors (Lipinski definition) is 1. The molecule has 6 heteroatoms. The molecule has 0 aromatic heterocycles. The van der Waals surface area contributed by atoms with Crippen molar-refractivity contribution in [1.82, 2.24) is 0 Å². The van der Waals surface area contributed by atoms with Crippen LogP contribution >= 0.6 is 11.6 Å². The van der Waals surface area contributed by atoms with Crippen molar-refractivity contribution in [3.63, 3.8) is 0 Å². The van der Waals surface area contributed by atoms with E-state index in [9.17, 15) is 14.4 Å². The SMILES string of the molecule is CCOC(=O)C(N)C1=C(Cl)C(=O)c2ccccc2C1=O. The molecule has 20 heavy (non-hydrogen) atoms. The topological polar surface area (TPSA) is 86.5 Å². The minimum atomic E-state index is -1.37. The van der Waals surface area contributed by atoms with Gasteiger partial charge in [-0.3, -0.25) is 9.59 Å². The van der Waals surface area contributed by atoms with E-state index in [1.165, 1.54) is 12.1 Å². The predicted molar refractivity (Wildman–Crippen MR) is 72.6 cm³/mol. The van der Waals surface area contributed by atoms with E-state index in [1.807, 2.05) is 0 Å². The average molecular weight is 294 g/mol. The van der Waals surface area contributed by atoms with Gasteiger partial charge in [0.05, 0.1) is 17.2 Å². The number of carbonyl (C=O) groups excluding carboxylic acids is 3. The fraction of sp³-hybridized carbons (Fsp3) is 0.214. The number of esters is 1. The maximum absolute atomic E-state index is 12.3. The molecule has 0 amide bonds. The Labute approximate surface area is 120 Å². The summed E-state index contributed by atoms with van der Waals surface area (Å²) in [5.74, 6) is -1.83. The Morgan fingerprint density at radius 1 is 1.25 bits per heavy atom. The Morgan fingerprint density at radius 2 is 1.80 bits per heavy atom. The van der Waals surface area contributed by atoms with Gasteiger partial charge in [-0.15, -0.1) is 0 Å². The average Bonchev–Trinajstić information content (AvgIpc) is 2.45. The van der Waals surface area contributed by atoms with Crippen molar-refractivity contribution in [2.75, 3.05) is 6.61 Å². The van der Waals surface area contributed by atoms with Crippen LogP contribution in [0, 0.1) is 0 Å². The number of ketones is 2. The van der Waals surface area contributed by atoms with Crippen molar-refractivity contribution in [2.45, 2.75) is 13.0 Å². The van der Waals surface area contributed by atoms with Crippen molar-refractivity contribution in [1.29, 1.82) is 0 Å². The summed E-state index contributed by atoms with van der Waals surface area (Å²) in [4.78, 5) is 36.1. The van der Waals surface area contributed by atoms with Crippen molar-refractivity contribution in [3.05, 3.63) is 46.0 Å². The van der Waals surface area contributed by atoms with Gasteiger partial charge in [0.15, 0.2) is 5.78 Å². The third kappa shape index (κ3) is 2.26. The summed E-state index contributed by atoms with van der Waals surface area (Å²) in [6, 6.07) is 4.88. The molecule has 104 valence electrons. The lowest BCUT2D eigenvalue weighted by atomic mass is 9.86. The van der Waals surface area contributed by atoms with Gasteiger partial charge >= 0.3 is 5.97 Å². The molecule has 2 N–H and O–H groups in total. The summed E-state index contributed by atoms with van der Waals surface area (Å²) < 4.78 is 4.76. The number of fused-ring (bicyclic) bond motifs is 1. The number of hydrogen-bond acceptors (Lipinski definition) is 5. The molecular weight excluding hydrogens is 282 g/mol. The number of halogens is 1. The van der Waals surface area contributed by atoms with Crippen LogP contribution in [0.4, 0.5) is 0 Å². The monoisotopic (exact) mass is 293 g/mol. The van der Waals surface area contributed by atoms with Gasteiger partial charge in [0, 0.05) is 11.1 Å². The van der Waals surface area contributed by atoms with Crippen LogP contribution in [0.15, 0.2) is 34.9 Å². The first kappa shape index (κ1) is 14.4. The Kier molecular flexibility index (Phi) is 4.01. The van der Waals surface area contributed by atoms with Gasteiger partial charge in [0.2, 0.25) is 5.78 Å². The van der Waals surface area contributed by atoms with Gasteiger partial charge in [-0.25, -0.2) is 4.79 Å². The zero-order valence-corrected chi connectivity index (χ0v) is 11.4. The number of carbonyl (C=O) groups is 3. The van der Waals surface area contributed by atoms with Gasteiger partial charge in [0.25, 0.3) is 0 Å². The minimum Gasteiger partial charge on any atom is -0.465 e. The molecular formula is C14H12ClNO4. The third-order valence-corrected chi connectivity index (χ3v) is 3.32. The number of allylic oxidation sites excluding steroid dienone is 1. The molecule has 0 aliphatic heterocycles. The zero-order valence-electron chi connectivity index (χ0n) is 10.7. The van der Waals surface area contributed by atoms with Crippen LogP contribution in [0.3, 0.4) is 0 Å². The highest BCUT2D eigenvalue weighted by molar-refractivity contribution is 6.50. The van der Waals surface area contributed by atoms with Gasteiger partial charge in [-0.2, -0.15) is 0 Å². The summed E-state index contributed by atoms with van der Waals surface area (Å²) in [5, 5.41) is -0.325. The molecule has 5 nitrogen and oxygen atoms in total. The zero-order chi connectivity index (χ0) is 14.9. The van der Waals surface area contributed by atoms with Crippen LogP contribution in [0.2, 0.25) is 0 Å². The van der Waals surface area contributed by atoms with E-state index in [0.717, 1.165) is 0 Å². The van der Waals surface area contributed by atoms with Crippen LogP contribution < -0.4 is 5.73 Å². The first-order valence-corrected chi connectivity index (χ1v) is 6.37. The number of nitrogens with two attached hydrogens (primary N) is 1. The van der Waals surface area contributed by atoms with E-state index in [0.29, 0.717) is 0 Å². The number of Topliss-reactive ketones (excluding diaryl/α,β-unsaturated/α-hetero) is 2. The van der Waals surface area contributed by atoms with Gasteiger partial charge in [-0.05, 0) is 6.92 Å².